The topological polar surface area (TPSA) is 70.2 Å². The van der Waals surface area contributed by atoms with E-state index in [-0.39, 0.29) is 30.2 Å². The Morgan fingerprint density at radius 3 is 2.19 bits per heavy atom. The molecule has 0 N–H and O–H groups in total. The first-order chi connectivity index (χ1) is 15.3. The van der Waals surface area contributed by atoms with Crippen molar-refractivity contribution in [2.75, 3.05) is 32.8 Å². The number of nitrogens with zero attached hydrogens (tertiary/aromatic N) is 3. The molecule has 2 aliphatic rings. The van der Waals surface area contributed by atoms with Gasteiger partial charge >= 0.3 is 0 Å². The molecule has 0 radical (unpaired) electrons. The molecule has 2 heterocycles. The summed E-state index contributed by atoms with van der Waals surface area (Å²) in [6.07, 6.45) is 2.75. The number of piperidine rings is 1. The molecule has 7 heteroatoms. The lowest BCUT2D eigenvalue weighted by molar-refractivity contribution is -0.147. The summed E-state index contributed by atoms with van der Waals surface area (Å²) in [5.41, 5.74) is -0.307. The first-order valence-corrected chi connectivity index (χ1v) is 11.9. The van der Waals surface area contributed by atoms with Gasteiger partial charge in [-0.2, -0.15) is 0 Å². The van der Waals surface area contributed by atoms with Gasteiger partial charge in [0.1, 0.15) is 11.8 Å². The predicted molar refractivity (Wildman–Crippen MR) is 123 cm³/mol. The molecule has 1 unspecified atom stereocenters. The minimum atomic E-state index is -0.856. The van der Waals surface area contributed by atoms with Crippen LogP contribution in [0.4, 0.5) is 0 Å². The van der Waals surface area contributed by atoms with Gasteiger partial charge in [0.15, 0.2) is 0 Å². The normalized spacial score (nSPS) is 20.1. The molecule has 0 aromatic heterocycles. The number of hydrogen-bond acceptors (Lipinski definition) is 4. The SMILES string of the molecule is CCCN(CCC)C(=O)C1COC2(CCN(C(=O)C(C)C)CC2)N1C(=O)c1ccccc1. The van der Waals surface area contributed by atoms with Crippen LogP contribution < -0.4 is 0 Å². The fraction of sp³-hybridized carbons (Fsp3) is 0.640. The van der Waals surface area contributed by atoms with Crippen molar-refractivity contribution in [3.63, 3.8) is 0 Å². The second kappa shape index (κ2) is 10.5. The minimum Gasteiger partial charge on any atom is -0.353 e. The molecule has 32 heavy (non-hydrogen) atoms. The van der Waals surface area contributed by atoms with Gasteiger partial charge in [-0.15, -0.1) is 0 Å². The van der Waals surface area contributed by atoms with Crippen molar-refractivity contribution in [3.8, 4) is 0 Å². The van der Waals surface area contributed by atoms with Crippen molar-refractivity contribution in [3.05, 3.63) is 35.9 Å². The monoisotopic (exact) mass is 443 g/mol. The van der Waals surface area contributed by atoms with Crippen LogP contribution in [0.25, 0.3) is 0 Å². The van der Waals surface area contributed by atoms with Crippen LogP contribution in [0.5, 0.6) is 0 Å². The van der Waals surface area contributed by atoms with Crippen molar-refractivity contribution < 1.29 is 19.1 Å². The third kappa shape index (κ3) is 4.82. The Kier molecular flexibility index (Phi) is 7.93. The van der Waals surface area contributed by atoms with Crippen LogP contribution in [0.3, 0.4) is 0 Å². The zero-order valence-corrected chi connectivity index (χ0v) is 19.9. The summed E-state index contributed by atoms with van der Waals surface area (Å²) in [5, 5.41) is 0. The minimum absolute atomic E-state index is 0.0458. The van der Waals surface area contributed by atoms with Crippen molar-refractivity contribution >= 4 is 17.7 Å². The van der Waals surface area contributed by atoms with Gasteiger partial charge in [0, 0.05) is 50.5 Å². The summed E-state index contributed by atoms with van der Waals surface area (Å²) >= 11 is 0. The van der Waals surface area contributed by atoms with Crippen LogP contribution in [-0.2, 0) is 14.3 Å². The number of likely N-dealkylation sites (tertiary alicyclic amines) is 1. The number of carbonyl (C=O) groups excluding carboxylic acids is 3. The van der Waals surface area contributed by atoms with Gasteiger partial charge in [-0.05, 0) is 25.0 Å². The Morgan fingerprint density at radius 2 is 1.66 bits per heavy atom. The highest BCUT2D eigenvalue weighted by Crippen LogP contribution is 2.39. The molecule has 1 aromatic rings. The van der Waals surface area contributed by atoms with E-state index in [0.29, 0.717) is 44.6 Å². The maximum atomic E-state index is 13.7. The molecule has 1 aromatic carbocycles. The van der Waals surface area contributed by atoms with Crippen molar-refractivity contribution in [2.45, 2.75) is 65.1 Å². The van der Waals surface area contributed by atoms with E-state index < -0.39 is 11.8 Å². The summed E-state index contributed by atoms with van der Waals surface area (Å²) < 4.78 is 6.29. The fourth-order valence-electron chi connectivity index (χ4n) is 4.80. The molecule has 2 aliphatic heterocycles. The number of hydrogen-bond donors (Lipinski definition) is 0. The van der Waals surface area contributed by atoms with Crippen LogP contribution >= 0.6 is 0 Å². The van der Waals surface area contributed by atoms with Crippen LogP contribution in [0, 0.1) is 5.92 Å². The maximum Gasteiger partial charge on any atom is 0.256 e. The summed E-state index contributed by atoms with van der Waals surface area (Å²) in [6.45, 7) is 10.5. The average molecular weight is 444 g/mol. The van der Waals surface area contributed by atoms with Gasteiger partial charge in [0.05, 0.1) is 6.61 Å². The second-order valence-electron chi connectivity index (χ2n) is 9.12. The molecule has 1 atom stereocenters. The quantitative estimate of drug-likeness (QED) is 0.649. The Labute approximate surface area is 191 Å². The van der Waals surface area contributed by atoms with E-state index in [0.717, 1.165) is 12.8 Å². The highest BCUT2D eigenvalue weighted by Gasteiger charge is 2.54. The van der Waals surface area contributed by atoms with E-state index in [1.165, 1.54) is 0 Å². The standard InChI is InChI=1S/C25H37N3O4/c1-5-14-26(15-6-2)24(31)21-18-32-25(12-16-27(17-13-25)22(29)19(3)4)28(21)23(30)20-10-8-7-9-11-20/h7-11,19,21H,5-6,12-18H2,1-4H3. The number of ether oxygens (including phenoxy) is 1. The van der Waals surface area contributed by atoms with Gasteiger partial charge in [-0.25, -0.2) is 0 Å². The van der Waals surface area contributed by atoms with Crippen LogP contribution in [0.2, 0.25) is 0 Å². The number of amides is 3. The molecule has 176 valence electrons. The lowest BCUT2D eigenvalue weighted by atomic mass is 9.95. The predicted octanol–water partition coefficient (Wildman–Crippen LogP) is 3.15. The summed E-state index contributed by atoms with van der Waals surface area (Å²) in [5.74, 6) is -0.182. The summed E-state index contributed by atoms with van der Waals surface area (Å²) in [6, 6.07) is 8.45. The molecule has 0 aliphatic carbocycles. The molecule has 3 rings (SSSR count). The molecule has 1 spiro atoms. The molecule has 0 bridgehead atoms. The second-order valence-corrected chi connectivity index (χ2v) is 9.12. The van der Waals surface area contributed by atoms with E-state index in [9.17, 15) is 14.4 Å². The number of benzene rings is 1. The summed E-state index contributed by atoms with van der Waals surface area (Å²) in [4.78, 5) is 45.1. The van der Waals surface area contributed by atoms with Crippen molar-refractivity contribution in [2.24, 2.45) is 5.92 Å². The van der Waals surface area contributed by atoms with Crippen LogP contribution in [0.15, 0.2) is 30.3 Å². The molecule has 2 saturated heterocycles. The van der Waals surface area contributed by atoms with Gasteiger partial charge in [0.25, 0.3) is 5.91 Å². The van der Waals surface area contributed by atoms with E-state index in [1.54, 1.807) is 17.0 Å². The smallest absolute Gasteiger partial charge is 0.256 e. The molecule has 7 nitrogen and oxygen atoms in total. The van der Waals surface area contributed by atoms with Crippen molar-refractivity contribution in [1.29, 1.82) is 0 Å². The molecular weight excluding hydrogens is 406 g/mol. The molecule has 3 amide bonds. The first kappa shape index (κ1) is 24.2. The lowest BCUT2D eigenvalue weighted by Gasteiger charge is -2.45. The van der Waals surface area contributed by atoms with E-state index in [1.807, 2.05) is 41.8 Å². The van der Waals surface area contributed by atoms with Crippen LogP contribution in [-0.4, -0.2) is 77.0 Å². The number of carbonyl (C=O) groups is 3. The third-order valence-electron chi connectivity index (χ3n) is 6.43. The average Bonchev–Trinajstić information content (AvgIpc) is 3.17. The zero-order valence-electron chi connectivity index (χ0n) is 19.9. The fourth-order valence-corrected chi connectivity index (χ4v) is 4.80. The Hall–Kier alpha value is -2.41. The van der Waals surface area contributed by atoms with E-state index in [4.69, 9.17) is 4.74 Å². The van der Waals surface area contributed by atoms with Crippen LogP contribution in [0.1, 0.15) is 63.7 Å². The third-order valence-corrected chi connectivity index (χ3v) is 6.43. The van der Waals surface area contributed by atoms with Gasteiger partial charge in [-0.1, -0.05) is 45.9 Å². The largest absolute Gasteiger partial charge is 0.353 e. The van der Waals surface area contributed by atoms with E-state index in [2.05, 4.69) is 13.8 Å². The van der Waals surface area contributed by atoms with E-state index >= 15 is 0 Å². The lowest BCUT2D eigenvalue weighted by Crippen LogP contribution is -2.60. The molecule has 0 saturated carbocycles. The molecule has 2 fully saturated rings. The molecular formula is C25H37N3O4. The number of rotatable bonds is 7. The highest BCUT2D eigenvalue weighted by atomic mass is 16.5. The van der Waals surface area contributed by atoms with Gasteiger partial charge < -0.3 is 14.5 Å². The Bertz CT molecular complexity index is 797. The Balaban J connectivity index is 1.90. The maximum absolute atomic E-state index is 13.7. The zero-order chi connectivity index (χ0) is 23.3. The van der Waals surface area contributed by atoms with Gasteiger partial charge in [0.2, 0.25) is 11.8 Å². The highest BCUT2D eigenvalue weighted by molar-refractivity contribution is 5.98. The van der Waals surface area contributed by atoms with Crippen molar-refractivity contribution in [1.82, 2.24) is 14.7 Å². The first-order valence-electron chi connectivity index (χ1n) is 11.9. The van der Waals surface area contributed by atoms with Gasteiger partial charge in [-0.3, -0.25) is 19.3 Å². The Morgan fingerprint density at radius 1 is 1.06 bits per heavy atom. The summed E-state index contributed by atoms with van der Waals surface area (Å²) in [7, 11) is 0.